The number of anilines is 2. The van der Waals surface area contributed by atoms with Crippen molar-refractivity contribution in [2.75, 3.05) is 11.6 Å². The molecule has 4 nitrogen and oxygen atoms in total. The third kappa shape index (κ3) is 4.35. The highest BCUT2D eigenvalue weighted by molar-refractivity contribution is 7.98. The lowest BCUT2D eigenvalue weighted by Crippen LogP contribution is -2.10. The van der Waals surface area contributed by atoms with Gasteiger partial charge in [0.05, 0.1) is 5.69 Å². The third-order valence-corrected chi connectivity index (χ3v) is 5.07. The lowest BCUT2D eigenvalue weighted by atomic mass is 9.86. The van der Waals surface area contributed by atoms with Gasteiger partial charge in [0.2, 0.25) is 0 Å². The average molecular weight is 389 g/mol. The van der Waals surface area contributed by atoms with Gasteiger partial charge in [-0.25, -0.2) is 9.97 Å². The Bertz CT molecular complexity index is 1010. The van der Waals surface area contributed by atoms with Crippen LogP contribution in [0.4, 0.5) is 11.5 Å². The van der Waals surface area contributed by atoms with Gasteiger partial charge in [-0.2, -0.15) is 5.26 Å². The van der Waals surface area contributed by atoms with Crippen LogP contribution >= 0.6 is 11.8 Å². The molecule has 0 saturated carbocycles. The van der Waals surface area contributed by atoms with E-state index in [1.165, 1.54) is 22.9 Å². The van der Waals surface area contributed by atoms with Crippen molar-refractivity contribution in [3.8, 4) is 17.3 Å². The third-order valence-electron chi connectivity index (χ3n) is 4.52. The molecule has 1 N–H and O–H groups in total. The summed E-state index contributed by atoms with van der Waals surface area (Å²) in [5, 5.41) is 13.8. The molecule has 142 valence electrons. The molecule has 0 aliphatic heterocycles. The molecule has 0 fully saturated rings. The smallest absolute Gasteiger partial charge is 0.189 e. The van der Waals surface area contributed by atoms with Gasteiger partial charge in [0.1, 0.15) is 11.6 Å². The van der Waals surface area contributed by atoms with Gasteiger partial charge in [0, 0.05) is 11.3 Å². The van der Waals surface area contributed by atoms with Crippen LogP contribution < -0.4 is 5.32 Å². The van der Waals surface area contributed by atoms with Crippen molar-refractivity contribution >= 4 is 23.3 Å². The standard InChI is InChI=1S/C23H24N4S/c1-15-6-12-18(13-7-15)25-21-19(14-24)20(26-22(27-21)28-5)16-8-10-17(11-9-16)23(2,3)4/h6-13H,1-5H3,(H,25,26,27). The molecule has 0 amide bonds. The second-order valence-electron chi connectivity index (χ2n) is 7.71. The van der Waals surface area contributed by atoms with Crippen molar-refractivity contribution in [2.45, 2.75) is 38.3 Å². The number of hydrogen-bond acceptors (Lipinski definition) is 5. The fourth-order valence-corrected chi connectivity index (χ4v) is 3.20. The monoisotopic (exact) mass is 388 g/mol. The number of nitrogens with zero attached hydrogens (tertiary/aromatic N) is 3. The van der Waals surface area contributed by atoms with E-state index in [1.54, 1.807) is 0 Å². The van der Waals surface area contributed by atoms with Crippen LogP contribution in [0.3, 0.4) is 0 Å². The van der Waals surface area contributed by atoms with E-state index in [2.05, 4.69) is 54.3 Å². The highest BCUT2D eigenvalue weighted by atomic mass is 32.2. The number of thioether (sulfide) groups is 1. The molecule has 28 heavy (non-hydrogen) atoms. The molecule has 0 saturated heterocycles. The van der Waals surface area contributed by atoms with Crippen molar-refractivity contribution in [2.24, 2.45) is 0 Å². The van der Waals surface area contributed by atoms with Crippen LogP contribution in [0.2, 0.25) is 0 Å². The first-order chi connectivity index (χ1) is 13.3. The van der Waals surface area contributed by atoms with Gasteiger partial charge in [-0.15, -0.1) is 0 Å². The van der Waals surface area contributed by atoms with E-state index in [9.17, 15) is 5.26 Å². The molecule has 0 aliphatic rings. The summed E-state index contributed by atoms with van der Waals surface area (Å²) >= 11 is 1.46. The largest absolute Gasteiger partial charge is 0.339 e. The van der Waals surface area contributed by atoms with Gasteiger partial charge in [0.15, 0.2) is 11.0 Å². The van der Waals surface area contributed by atoms with Crippen LogP contribution in [0.25, 0.3) is 11.3 Å². The lowest BCUT2D eigenvalue weighted by Gasteiger charge is -2.19. The molecule has 0 radical (unpaired) electrons. The Morgan fingerprint density at radius 3 is 2.14 bits per heavy atom. The van der Waals surface area contributed by atoms with Crippen LogP contribution in [0.1, 0.15) is 37.5 Å². The Morgan fingerprint density at radius 2 is 1.61 bits per heavy atom. The van der Waals surface area contributed by atoms with Crippen molar-refractivity contribution in [3.05, 3.63) is 65.2 Å². The van der Waals surface area contributed by atoms with E-state index < -0.39 is 0 Å². The quantitative estimate of drug-likeness (QED) is 0.433. The second-order valence-corrected chi connectivity index (χ2v) is 8.49. The Morgan fingerprint density at radius 1 is 0.964 bits per heavy atom. The summed E-state index contributed by atoms with van der Waals surface area (Å²) in [5.74, 6) is 0.528. The lowest BCUT2D eigenvalue weighted by molar-refractivity contribution is 0.590. The van der Waals surface area contributed by atoms with E-state index in [-0.39, 0.29) is 5.41 Å². The zero-order valence-corrected chi connectivity index (χ0v) is 17.7. The summed E-state index contributed by atoms with van der Waals surface area (Å²) in [6, 6.07) is 18.6. The average Bonchev–Trinajstić information content (AvgIpc) is 2.68. The maximum Gasteiger partial charge on any atom is 0.189 e. The number of benzene rings is 2. The molecule has 1 aromatic heterocycles. The summed E-state index contributed by atoms with van der Waals surface area (Å²) in [6.07, 6.45) is 1.93. The summed E-state index contributed by atoms with van der Waals surface area (Å²) < 4.78 is 0. The zero-order valence-electron chi connectivity index (χ0n) is 16.9. The molecule has 1 heterocycles. The topological polar surface area (TPSA) is 61.6 Å². The minimum Gasteiger partial charge on any atom is -0.339 e. The predicted octanol–water partition coefficient (Wildman–Crippen LogP) is 6.09. The van der Waals surface area contributed by atoms with Gasteiger partial charge in [-0.1, -0.05) is 74.5 Å². The van der Waals surface area contributed by atoms with Crippen LogP contribution in [0, 0.1) is 18.3 Å². The van der Waals surface area contributed by atoms with Crippen molar-refractivity contribution in [1.29, 1.82) is 5.26 Å². The number of aromatic nitrogens is 2. The SMILES string of the molecule is CSc1nc(Nc2ccc(C)cc2)c(C#N)c(-c2ccc(C(C)(C)C)cc2)n1. The molecule has 0 atom stereocenters. The molecular formula is C23H24N4S. The predicted molar refractivity (Wildman–Crippen MR) is 117 cm³/mol. The Hall–Kier alpha value is -2.84. The van der Waals surface area contributed by atoms with Crippen molar-refractivity contribution in [1.82, 2.24) is 9.97 Å². The molecule has 3 rings (SSSR count). The molecule has 0 aliphatic carbocycles. The van der Waals surface area contributed by atoms with Gasteiger partial charge < -0.3 is 5.32 Å². The molecule has 3 aromatic rings. The Balaban J connectivity index is 2.08. The minimum atomic E-state index is 0.0743. The van der Waals surface area contributed by atoms with E-state index in [4.69, 9.17) is 0 Å². The zero-order chi connectivity index (χ0) is 20.3. The Labute approximate surface area is 171 Å². The normalized spacial score (nSPS) is 11.1. The van der Waals surface area contributed by atoms with Crippen LogP contribution in [-0.4, -0.2) is 16.2 Å². The van der Waals surface area contributed by atoms with Crippen molar-refractivity contribution < 1.29 is 0 Å². The maximum atomic E-state index is 9.85. The van der Waals surface area contributed by atoms with E-state index in [0.717, 1.165) is 11.3 Å². The number of hydrogen-bond donors (Lipinski definition) is 1. The summed E-state index contributed by atoms with van der Waals surface area (Å²) in [6.45, 7) is 8.59. The molecular weight excluding hydrogens is 364 g/mol. The number of rotatable bonds is 4. The first kappa shape index (κ1) is 19.9. The van der Waals surface area contributed by atoms with Crippen LogP contribution in [-0.2, 0) is 5.41 Å². The number of nitriles is 1. The fraction of sp³-hybridized carbons (Fsp3) is 0.261. The first-order valence-corrected chi connectivity index (χ1v) is 10.3. The summed E-state index contributed by atoms with van der Waals surface area (Å²) in [5.41, 5.74) is 5.39. The van der Waals surface area contributed by atoms with Gasteiger partial charge in [-0.05, 0) is 36.3 Å². The highest BCUT2D eigenvalue weighted by Crippen LogP contribution is 2.31. The molecule has 5 heteroatoms. The van der Waals surface area contributed by atoms with Gasteiger partial charge >= 0.3 is 0 Å². The van der Waals surface area contributed by atoms with E-state index in [1.807, 2.05) is 49.6 Å². The van der Waals surface area contributed by atoms with E-state index in [0.29, 0.717) is 22.2 Å². The minimum absolute atomic E-state index is 0.0743. The van der Waals surface area contributed by atoms with Gasteiger partial charge in [-0.3, -0.25) is 0 Å². The number of aryl methyl sites for hydroxylation is 1. The van der Waals surface area contributed by atoms with Crippen LogP contribution in [0.5, 0.6) is 0 Å². The van der Waals surface area contributed by atoms with Crippen molar-refractivity contribution in [3.63, 3.8) is 0 Å². The number of nitrogens with one attached hydrogen (secondary N) is 1. The highest BCUT2D eigenvalue weighted by Gasteiger charge is 2.18. The molecule has 0 unspecified atom stereocenters. The van der Waals surface area contributed by atoms with Gasteiger partial charge in [0.25, 0.3) is 0 Å². The fourth-order valence-electron chi connectivity index (χ4n) is 2.84. The van der Waals surface area contributed by atoms with Crippen LogP contribution in [0.15, 0.2) is 53.7 Å². The maximum absolute atomic E-state index is 9.85. The Kier molecular flexibility index (Phi) is 5.71. The molecule has 0 bridgehead atoms. The first-order valence-electron chi connectivity index (χ1n) is 9.12. The summed E-state index contributed by atoms with van der Waals surface area (Å²) in [4.78, 5) is 9.17. The van der Waals surface area contributed by atoms with E-state index >= 15 is 0 Å². The molecule has 2 aromatic carbocycles. The molecule has 0 spiro atoms. The summed E-state index contributed by atoms with van der Waals surface area (Å²) in [7, 11) is 0. The second kappa shape index (κ2) is 8.04.